The van der Waals surface area contributed by atoms with E-state index >= 15 is 0 Å². The highest BCUT2D eigenvalue weighted by Crippen LogP contribution is 2.30. The second kappa shape index (κ2) is 4.67. The van der Waals surface area contributed by atoms with Gasteiger partial charge in [-0.25, -0.2) is 19.3 Å². The molecule has 2 aliphatic heterocycles. The molecule has 1 unspecified atom stereocenters. The molecule has 0 saturated carbocycles. The summed E-state index contributed by atoms with van der Waals surface area (Å²) in [6.07, 6.45) is 1.09. The van der Waals surface area contributed by atoms with E-state index in [9.17, 15) is 14.4 Å². The number of imide groups is 1. The molecule has 0 aromatic carbocycles. The molecular formula is C11H14N2O5. The number of carboxylic acid groups (broad SMARTS) is 1. The number of urea groups is 1. The van der Waals surface area contributed by atoms with E-state index in [-0.39, 0.29) is 19.2 Å². The van der Waals surface area contributed by atoms with Crippen molar-refractivity contribution in [1.29, 1.82) is 0 Å². The second-order valence-electron chi connectivity index (χ2n) is 4.25. The zero-order valence-electron chi connectivity index (χ0n) is 9.74. The van der Waals surface area contributed by atoms with Crippen LogP contribution in [0.5, 0.6) is 0 Å². The quantitative estimate of drug-likeness (QED) is 0.590. The molecule has 0 aromatic heterocycles. The fraction of sp³-hybridized carbons (Fsp3) is 0.545. The fourth-order valence-electron chi connectivity index (χ4n) is 2.39. The van der Waals surface area contributed by atoms with Crippen molar-refractivity contribution in [2.45, 2.75) is 24.9 Å². The Morgan fingerprint density at radius 2 is 2.22 bits per heavy atom. The Labute approximate surface area is 104 Å². The van der Waals surface area contributed by atoms with Crippen molar-refractivity contribution < 1.29 is 24.2 Å². The lowest BCUT2D eigenvalue weighted by molar-refractivity contribution is -0.148. The third kappa shape index (κ3) is 1.92. The molecule has 2 aliphatic rings. The van der Waals surface area contributed by atoms with E-state index in [4.69, 9.17) is 9.84 Å². The molecule has 2 atom stereocenters. The molecule has 3 amide bonds. The van der Waals surface area contributed by atoms with E-state index in [0.717, 1.165) is 4.90 Å². The molecule has 7 heteroatoms. The normalized spacial score (nSPS) is 26.1. The summed E-state index contributed by atoms with van der Waals surface area (Å²) in [5, 5.41) is 8.95. The largest absolute Gasteiger partial charge is 0.465 e. The summed E-state index contributed by atoms with van der Waals surface area (Å²) in [6, 6.07) is -1.66. The van der Waals surface area contributed by atoms with Crippen LogP contribution in [-0.4, -0.2) is 58.2 Å². The van der Waals surface area contributed by atoms with E-state index in [0.29, 0.717) is 12.8 Å². The van der Waals surface area contributed by atoms with Gasteiger partial charge in [0.15, 0.2) is 0 Å². The van der Waals surface area contributed by atoms with Crippen molar-refractivity contribution in [2.75, 3.05) is 13.2 Å². The minimum Gasteiger partial charge on any atom is -0.465 e. The van der Waals surface area contributed by atoms with Gasteiger partial charge in [-0.05, 0) is 12.8 Å². The lowest BCUT2D eigenvalue weighted by atomic mass is 10.0. The molecule has 1 N–H and O–H groups in total. The minimum absolute atomic E-state index is 0.0867. The first-order chi connectivity index (χ1) is 8.56. The molecule has 18 heavy (non-hydrogen) atoms. The van der Waals surface area contributed by atoms with Crippen LogP contribution < -0.4 is 0 Å². The molecule has 2 saturated heterocycles. The van der Waals surface area contributed by atoms with Crippen LogP contribution in [0.4, 0.5) is 9.59 Å². The summed E-state index contributed by atoms with van der Waals surface area (Å²) in [5.74, 6) is -0.506. The van der Waals surface area contributed by atoms with Gasteiger partial charge in [0, 0.05) is 6.54 Å². The van der Waals surface area contributed by atoms with Gasteiger partial charge in [0.05, 0.1) is 6.04 Å². The van der Waals surface area contributed by atoms with Gasteiger partial charge in [-0.15, -0.1) is 0 Å². The highest BCUT2D eigenvalue weighted by Gasteiger charge is 2.49. The highest BCUT2D eigenvalue weighted by molar-refractivity contribution is 5.95. The number of amides is 3. The van der Waals surface area contributed by atoms with Gasteiger partial charge in [-0.1, -0.05) is 12.7 Å². The smallest absolute Gasteiger partial charge is 0.415 e. The first-order valence-corrected chi connectivity index (χ1v) is 5.66. The van der Waals surface area contributed by atoms with Crippen molar-refractivity contribution in [3.63, 3.8) is 0 Å². The summed E-state index contributed by atoms with van der Waals surface area (Å²) in [6.45, 7) is 3.78. The van der Waals surface area contributed by atoms with Crippen molar-refractivity contribution in [3.05, 3.63) is 12.7 Å². The molecular weight excluding hydrogens is 240 g/mol. The van der Waals surface area contributed by atoms with Crippen molar-refractivity contribution in [3.8, 4) is 0 Å². The monoisotopic (exact) mass is 254 g/mol. The van der Waals surface area contributed by atoms with E-state index in [1.165, 1.54) is 11.0 Å². The number of rotatable bonds is 3. The Morgan fingerprint density at radius 3 is 2.83 bits per heavy atom. The van der Waals surface area contributed by atoms with Gasteiger partial charge in [0.25, 0.3) is 0 Å². The van der Waals surface area contributed by atoms with Crippen LogP contribution >= 0.6 is 0 Å². The molecule has 2 heterocycles. The van der Waals surface area contributed by atoms with Gasteiger partial charge in [0.2, 0.25) is 0 Å². The molecule has 0 radical (unpaired) electrons. The maximum absolute atomic E-state index is 11.9. The Kier molecular flexibility index (Phi) is 3.22. The SMILES string of the molecule is C=CCOC(=O)C1CC[C@@H]2CN1C(=O)N2C(=O)O. The molecule has 0 spiro atoms. The van der Waals surface area contributed by atoms with Gasteiger partial charge in [-0.2, -0.15) is 0 Å². The third-order valence-electron chi connectivity index (χ3n) is 3.20. The molecule has 2 bridgehead atoms. The number of fused-ring (bicyclic) bond motifs is 2. The average molecular weight is 254 g/mol. The molecule has 98 valence electrons. The number of ether oxygens (including phenoxy) is 1. The summed E-state index contributed by atoms with van der Waals surface area (Å²) in [5.41, 5.74) is 0. The number of carbonyl (C=O) groups excluding carboxylic acids is 2. The number of nitrogens with zero attached hydrogens (tertiary/aromatic N) is 2. The van der Waals surface area contributed by atoms with Gasteiger partial charge in [-0.3, -0.25) is 0 Å². The van der Waals surface area contributed by atoms with Gasteiger partial charge < -0.3 is 14.7 Å². The number of hydrogen-bond donors (Lipinski definition) is 1. The molecule has 0 aromatic rings. The predicted molar refractivity (Wildman–Crippen MR) is 59.9 cm³/mol. The minimum atomic E-state index is -1.27. The van der Waals surface area contributed by atoms with Crippen LogP contribution in [0.15, 0.2) is 12.7 Å². The molecule has 2 fully saturated rings. The standard InChI is InChI=1S/C11H14N2O5/c1-2-5-18-9(14)8-4-3-7-6-12(8)10(15)13(7)11(16)17/h2,7-8H,1,3-6H2,(H,16,17)/t7-,8?/m1/s1. The Morgan fingerprint density at radius 1 is 1.50 bits per heavy atom. The van der Waals surface area contributed by atoms with E-state index in [1.807, 2.05) is 0 Å². The maximum atomic E-state index is 11.9. The third-order valence-corrected chi connectivity index (χ3v) is 3.20. The fourth-order valence-corrected chi connectivity index (χ4v) is 2.39. The van der Waals surface area contributed by atoms with E-state index in [2.05, 4.69) is 6.58 Å². The number of hydrogen-bond acceptors (Lipinski definition) is 4. The predicted octanol–water partition coefficient (Wildman–Crippen LogP) is 0.662. The van der Waals surface area contributed by atoms with Gasteiger partial charge in [0.1, 0.15) is 12.6 Å². The Hall–Kier alpha value is -2.05. The van der Waals surface area contributed by atoms with Crippen molar-refractivity contribution in [1.82, 2.24) is 9.80 Å². The van der Waals surface area contributed by atoms with Crippen LogP contribution in [-0.2, 0) is 9.53 Å². The van der Waals surface area contributed by atoms with Crippen LogP contribution in [0, 0.1) is 0 Å². The topological polar surface area (TPSA) is 87.2 Å². The maximum Gasteiger partial charge on any atom is 0.415 e. The molecule has 7 nitrogen and oxygen atoms in total. The number of carbonyl (C=O) groups is 3. The molecule has 0 aliphatic carbocycles. The lowest BCUT2D eigenvalue weighted by Crippen LogP contribution is -2.45. The Bertz CT molecular complexity index is 408. The Balaban J connectivity index is 2.10. The zero-order valence-corrected chi connectivity index (χ0v) is 9.74. The van der Waals surface area contributed by atoms with Crippen molar-refractivity contribution in [2.24, 2.45) is 0 Å². The zero-order chi connectivity index (χ0) is 13.3. The highest BCUT2D eigenvalue weighted by atomic mass is 16.5. The first kappa shape index (κ1) is 12.4. The second-order valence-corrected chi connectivity index (χ2v) is 4.25. The van der Waals surface area contributed by atoms with Crippen molar-refractivity contribution >= 4 is 18.1 Å². The summed E-state index contributed by atoms with van der Waals surface area (Å²) in [4.78, 5) is 36.6. The van der Waals surface area contributed by atoms with Gasteiger partial charge >= 0.3 is 18.1 Å². The summed E-state index contributed by atoms with van der Waals surface area (Å²) >= 11 is 0. The molecule has 2 rings (SSSR count). The van der Waals surface area contributed by atoms with E-state index < -0.39 is 24.1 Å². The lowest BCUT2D eigenvalue weighted by Gasteiger charge is -2.28. The first-order valence-electron chi connectivity index (χ1n) is 5.66. The number of piperidine rings is 1. The average Bonchev–Trinajstić information content (AvgIpc) is 2.59. The summed E-state index contributed by atoms with van der Waals surface area (Å²) < 4.78 is 4.91. The van der Waals surface area contributed by atoms with Crippen LogP contribution in [0.3, 0.4) is 0 Å². The summed E-state index contributed by atoms with van der Waals surface area (Å²) in [7, 11) is 0. The van der Waals surface area contributed by atoms with Crippen LogP contribution in [0.1, 0.15) is 12.8 Å². The number of esters is 1. The van der Waals surface area contributed by atoms with E-state index in [1.54, 1.807) is 0 Å². The van der Waals surface area contributed by atoms with Crippen LogP contribution in [0.2, 0.25) is 0 Å². The van der Waals surface area contributed by atoms with Crippen LogP contribution in [0.25, 0.3) is 0 Å².